The van der Waals surface area contributed by atoms with Crippen molar-refractivity contribution in [2.75, 3.05) is 7.11 Å². The molecule has 1 heteroatoms. The first-order valence-corrected chi connectivity index (χ1v) is 4.77. The van der Waals surface area contributed by atoms with Crippen molar-refractivity contribution in [1.82, 2.24) is 0 Å². The molecule has 0 fully saturated rings. The molecule has 74 valence electrons. The van der Waals surface area contributed by atoms with Gasteiger partial charge in [-0.25, -0.2) is 0 Å². The van der Waals surface area contributed by atoms with E-state index in [0.717, 1.165) is 12.2 Å². The largest absolute Gasteiger partial charge is 0.497 e. The molecule has 0 aliphatic heterocycles. The van der Waals surface area contributed by atoms with Crippen molar-refractivity contribution in [1.29, 1.82) is 0 Å². The first-order chi connectivity index (χ1) is 6.80. The van der Waals surface area contributed by atoms with Gasteiger partial charge in [-0.1, -0.05) is 37.8 Å². The molecule has 0 saturated carbocycles. The lowest BCUT2D eigenvalue weighted by atomic mass is 10.1. The lowest BCUT2D eigenvalue weighted by molar-refractivity contribution is 0.415. The van der Waals surface area contributed by atoms with Gasteiger partial charge < -0.3 is 4.74 Å². The highest BCUT2D eigenvalue weighted by Crippen LogP contribution is 2.15. The van der Waals surface area contributed by atoms with Crippen molar-refractivity contribution in [2.45, 2.75) is 13.3 Å². The Morgan fingerprint density at radius 2 is 2.00 bits per heavy atom. The predicted molar refractivity (Wildman–Crippen MR) is 61.5 cm³/mol. The fourth-order valence-corrected chi connectivity index (χ4v) is 1.22. The van der Waals surface area contributed by atoms with Crippen LogP contribution in [-0.2, 0) is 0 Å². The third kappa shape index (κ3) is 2.77. The molecule has 0 atom stereocenters. The summed E-state index contributed by atoms with van der Waals surface area (Å²) < 4.78 is 5.09. The topological polar surface area (TPSA) is 9.23 Å². The third-order valence-electron chi connectivity index (χ3n) is 2.14. The molecule has 0 spiro atoms. The molecule has 0 radical (unpaired) electrons. The molecular weight excluding hydrogens is 172 g/mol. The van der Waals surface area contributed by atoms with Gasteiger partial charge in [0.15, 0.2) is 0 Å². The number of rotatable bonds is 4. The second kappa shape index (κ2) is 5.28. The van der Waals surface area contributed by atoms with Gasteiger partial charge in [0.05, 0.1) is 7.11 Å². The van der Waals surface area contributed by atoms with E-state index in [0.29, 0.717) is 0 Å². The molecule has 0 aliphatic carbocycles. The predicted octanol–water partition coefficient (Wildman–Crippen LogP) is 3.67. The van der Waals surface area contributed by atoms with Crippen LogP contribution in [0.5, 0.6) is 5.75 Å². The first kappa shape index (κ1) is 10.6. The molecular formula is C13H16O. The minimum absolute atomic E-state index is 0.888. The molecule has 1 rings (SSSR count). The zero-order valence-electron chi connectivity index (χ0n) is 8.79. The summed E-state index contributed by atoms with van der Waals surface area (Å²) >= 11 is 0. The summed E-state index contributed by atoms with van der Waals surface area (Å²) in [4.78, 5) is 0. The van der Waals surface area contributed by atoms with Gasteiger partial charge in [-0.05, 0) is 29.7 Å². The molecule has 14 heavy (non-hydrogen) atoms. The smallest absolute Gasteiger partial charge is 0.118 e. The highest BCUT2D eigenvalue weighted by Gasteiger charge is 1.92. The maximum Gasteiger partial charge on any atom is 0.118 e. The molecule has 0 N–H and O–H groups in total. The normalized spacial score (nSPS) is 11.1. The molecule has 1 aromatic carbocycles. The second-order valence-corrected chi connectivity index (χ2v) is 3.05. The fourth-order valence-electron chi connectivity index (χ4n) is 1.22. The van der Waals surface area contributed by atoms with Crippen molar-refractivity contribution < 1.29 is 4.74 Å². The van der Waals surface area contributed by atoms with Gasteiger partial charge in [0.2, 0.25) is 0 Å². The Bertz CT molecular complexity index is 320. The Hall–Kier alpha value is -1.50. The Balaban J connectivity index is 2.86. The van der Waals surface area contributed by atoms with Crippen LogP contribution in [-0.4, -0.2) is 7.11 Å². The Morgan fingerprint density at radius 3 is 2.43 bits per heavy atom. The van der Waals surface area contributed by atoms with E-state index in [4.69, 9.17) is 4.74 Å². The highest BCUT2D eigenvalue weighted by molar-refractivity contribution is 5.56. The van der Waals surface area contributed by atoms with Gasteiger partial charge in [-0.3, -0.25) is 0 Å². The monoisotopic (exact) mass is 188 g/mol. The van der Waals surface area contributed by atoms with Gasteiger partial charge in [0, 0.05) is 0 Å². The van der Waals surface area contributed by atoms with Crippen LogP contribution in [0.2, 0.25) is 0 Å². The highest BCUT2D eigenvalue weighted by atomic mass is 16.5. The summed E-state index contributed by atoms with van der Waals surface area (Å²) in [6, 6.07) is 8.00. The summed E-state index contributed by atoms with van der Waals surface area (Å²) in [6.07, 6.45) is 5.03. The average molecular weight is 188 g/mol. The van der Waals surface area contributed by atoms with Crippen LogP contribution in [0.15, 0.2) is 42.5 Å². The number of benzene rings is 1. The summed E-state index contributed by atoms with van der Waals surface area (Å²) in [5.74, 6) is 0.888. The first-order valence-electron chi connectivity index (χ1n) is 4.77. The Morgan fingerprint density at radius 1 is 1.36 bits per heavy atom. The minimum Gasteiger partial charge on any atom is -0.497 e. The molecule has 0 heterocycles. The molecule has 0 aromatic heterocycles. The van der Waals surface area contributed by atoms with Crippen LogP contribution in [0, 0.1) is 0 Å². The van der Waals surface area contributed by atoms with E-state index < -0.39 is 0 Å². The number of allylic oxidation sites excluding steroid dienone is 2. The van der Waals surface area contributed by atoms with Crippen molar-refractivity contribution in [3.05, 3.63) is 48.1 Å². The van der Waals surface area contributed by atoms with E-state index in [1.165, 1.54) is 11.1 Å². The molecule has 0 bridgehead atoms. The van der Waals surface area contributed by atoms with Crippen molar-refractivity contribution in [2.24, 2.45) is 0 Å². The van der Waals surface area contributed by atoms with Crippen LogP contribution in [0.1, 0.15) is 18.9 Å². The Labute approximate surface area is 85.7 Å². The van der Waals surface area contributed by atoms with Crippen LogP contribution < -0.4 is 4.74 Å². The lowest BCUT2D eigenvalue weighted by Gasteiger charge is -2.00. The van der Waals surface area contributed by atoms with E-state index in [-0.39, 0.29) is 0 Å². The minimum atomic E-state index is 0.888. The van der Waals surface area contributed by atoms with Crippen LogP contribution >= 0.6 is 0 Å². The Kier molecular flexibility index (Phi) is 3.99. The van der Waals surface area contributed by atoms with E-state index in [9.17, 15) is 0 Å². The van der Waals surface area contributed by atoms with Crippen LogP contribution in [0.4, 0.5) is 0 Å². The third-order valence-corrected chi connectivity index (χ3v) is 2.14. The average Bonchev–Trinajstić information content (AvgIpc) is 2.26. The second-order valence-electron chi connectivity index (χ2n) is 3.05. The summed E-state index contributed by atoms with van der Waals surface area (Å²) in [6.45, 7) is 5.89. The molecule has 0 aliphatic rings. The van der Waals surface area contributed by atoms with Crippen molar-refractivity contribution >= 4 is 6.08 Å². The van der Waals surface area contributed by atoms with Gasteiger partial charge in [0.25, 0.3) is 0 Å². The maximum atomic E-state index is 5.09. The summed E-state index contributed by atoms with van der Waals surface area (Å²) in [5, 5.41) is 0. The zero-order chi connectivity index (χ0) is 10.4. The number of hydrogen-bond acceptors (Lipinski definition) is 1. The lowest BCUT2D eigenvalue weighted by Crippen LogP contribution is -1.82. The van der Waals surface area contributed by atoms with Crippen LogP contribution in [0.3, 0.4) is 0 Å². The molecule has 1 aromatic rings. The van der Waals surface area contributed by atoms with Crippen LogP contribution in [0.25, 0.3) is 6.08 Å². The SMILES string of the molecule is C=C/C(=C/c1ccc(OC)cc1)CC. The number of ether oxygens (including phenoxy) is 1. The van der Waals surface area contributed by atoms with Gasteiger partial charge in [0.1, 0.15) is 5.75 Å². The standard InChI is InChI=1S/C13H16O/c1-4-11(5-2)10-12-6-8-13(14-3)9-7-12/h4,6-10H,1,5H2,2-3H3/b11-10-. The number of hydrogen-bond donors (Lipinski definition) is 0. The van der Waals surface area contributed by atoms with Gasteiger partial charge in [-0.15, -0.1) is 0 Å². The summed E-state index contributed by atoms with van der Waals surface area (Å²) in [7, 11) is 1.67. The van der Waals surface area contributed by atoms with Gasteiger partial charge >= 0.3 is 0 Å². The fraction of sp³-hybridized carbons (Fsp3) is 0.231. The van der Waals surface area contributed by atoms with E-state index >= 15 is 0 Å². The van der Waals surface area contributed by atoms with E-state index in [1.54, 1.807) is 7.11 Å². The maximum absolute atomic E-state index is 5.09. The van der Waals surface area contributed by atoms with E-state index in [2.05, 4.69) is 19.6 Å². The summed E-state index contributed by atoms with van der Waals surface area (Å²) in [5.41, 5.74) is 2.43. The van der Waals surface area contributed by atoms with Gasteiger partial charge in [-0.2, -0.15) is 0 Å². The van der Waals surface area contributed by atoms with E-state index in [1.807, 2.05) is 30.3 Å². The molecule has 0 amide bonds. The quantitative estimate of drug-likeness (QED) is 0.655. The van der Waals surface area contributed by atoms with Crippen molar-refractivity contribution in [3.8, 4) is 5.75 Å². The zero-order valence-corrected chi connectivity index (χ0v) is 8.79. The molecule has 1 nitrogen and oxygen atoms in total. The number of methoxy groups -OCH3 is 1. The molecule has 0 unspecified atom stereocenters. The molecule has 0 saturated heterocycles. The van der Waals surface area contributed by atoms with Crippen molar-refractivity contribution in [3.63, 3.8) is 0 Å².